The summed E-state index contributed by atoms with van der Waals surface area (Å²) in [5.41, 5.74) is 3.87. The number of hydrazone groups is 1. The van der Waals surface area contributed by atoms with Crippen LogP contribution in [0.2, 0.25) is 10.0 Å². The largest absolute Gasteiger partial charge is 0.488 e. The molecule has 0 aliphatic rings. The molecule has 2 rings (SSSR count). The predicted molar refractivity (Wildman–Crippen MR) is 96.5 cm³/mol. The molecule has 0 spiro atoms. The molecule has 0 radical (unpaired) electrons. The van der Waals surface area contributed by atoms with E-state index in [-0.39, 0.29) is 11.8 Å². The van der Waals surface area contributed by atoms with E-state index in [0.717, 1.165) is 0 Å². The number of anilines is 1. The summed E-state index contributed by atoms with van der Waals surface area (Å²) in [6, 6.07) is 9.37. The number of nitrogens with one attached hydrogen (secondary N) is 1. The zero-order valence-corrected chi connectivity index (χ0v) is 14.5. The van der Waals surface area contributed by atoms with E-state index in [1.165, 1.54) is 18.3 Å². The number of hydrogen-bond donors (Lipinski definition) is 1. The Balaban J connectivity index is 2.12. The molecule has 0 bridgehead atoms. The Labute approximate surface area is 149 Å². The Bertz CT molecular complexity index is 756. The average molecular weight is 368 g/mol. The second-order valence-corrected chi connectivity index (χ2v) is 5.97. The summed E-state index contributed by atoms with van der Waals surface area (Å²) >= 11 is 12.3. The second kappa shape index (κ2) is 7.99. The number of nitro groups is 1. The molecule has 126 valence electrons. The molecule has 8 heteroatoms. The Morgan fingerprint density at radius 3 is 2.50 bits per heavy atom. The number of halogens is 2. The van der Waals surface area contributed by atoms with Gasteiger partial charge in [-0.15, -0.1) is 0 Å². The van der Waals surface area contributed by atoms with Gasteiger partial charge in [-0.05, 0) is 37.6 Å². The lowest BCUT2D eigenvalue weighted by Crippen LogP contribution is -2.06. The van der Waals surface area contributed by atoms with Crippen molar-refractivity contribution < 1.29 is 9.66 Å². The minimum absolute atomic E-state index is 0.0172. The average Bonchev–Trinajstić information content (AvgIpc) is 2.51. The summed E-state index contributed by atoms with van der Waals surface area (Å²) in [6.45, 7) is 3.76. The van der Waals surface area contributed by atoms with Gasteiger partial charge in [0.15, 0.2) is 5.75 Å². The van der Waals surface area contributed by atoms with Crippen molar-refractivity contribution in [2.75, 3.05) is 5.43 Å². The molecule has 0 aliphatic heterocycles. The van der Waals surface area contributed by atoms with Crippen LogP contribution in [0.1, 0.15) is 19.4 Å². The monoisotopic (exact) mass is 367 g/mol. The number of ether oxygens (including phenoxy) is 1. The van der Waals surface area contributed by atoms with Crippen molar-refractivity contribution in [3.8, 4) is 5.75 Å². The van der Waals surface area contributed by atoms with Crippen LogP contribution >= 0.6 is 23.2 Å². The van der Waals surface area contributed by atoms with E-state index in [4.69, 9.17) is 27.9 Å². The van der Waals surface area contributed by atoms with Crippen LogP contribution in [0.3, 0.4) is 0 Å². The Hall–Kier alpha value is -2.31. The first-order valence-electron chi connectivity index (χ1n) is 7.06. The van der Waals surface area contributed by atoms with Crippen LogP contribution < -0.4 is 10.2 Å². The summed E-state index contributed by atoms with van der Waals surface area (Å²) in [7, 11) is 0. The predicted octanol–water partition coefficient (Wildman–Crippen LogP) is 5.13. The molecule has 0 aliphatic carbocycles. The maximum Gasteiger partial charge on any atom is 0.271 e. The Kier molecular flexibility index (Phi) is 6.00. The van der Waals surface area contributed by atoms with Crippen LogP contribution in [-0.4, -0.2) is 17.2 Å². The van der Waals surface area contributed by atoms with Crippen LogP contribution in [0.25, 0.3) is 0 Å². The topological polar surface area (TPSA) is 76.8 Å². The molecule has 6 nitrogen and oxygen atoms in total. The van der Waals surface area contributed by atoms with Gasteiger partial charge in [0.25, 0.3) is 5.69 Å². The minimum atomic E-state index is -0.470. The molecule has 2 aromatic carbocycles. The van der Waals surface area contributed by atoms with Gasteiger partial charge in [0.1, 0.15) is 0 Å². The number of non-ortho nitro benzene ring substituents is 1. The molecule has 0 amide bonds. The summed E-state index contributed by atoms with van der Waals surface area (Å²) < 4.78 is 5.55. The zero-order valence-electron chi connectivity index (χ0n) is 13.0. The lowest BCUT2D eigenvalue weighted by molar-refractivity contribution is -0.384. The third-order valence-electron chi connectivity index (χ3n) is 2.84. The van der Waals surface area contributed by atoms with Gasteiger partial charge in [-0.1, -0.05) is 29.3 Å². The number of rotatable bonds is 6. The van der Waals surface area contributed by atoms with Gasteiger partial charge < -0.3 is 4.74 Å². The smallest absolute Gasteiger partial charge is 0.271 e. The molecule has 2 aromatic rings. The van der Waals surface area contributed by atoms with Crippen LogP contribution in [0.15, 0.2) is 41.5 Å². The van der Waals surface area contributed by atoms with Gasteiger partial charge in [-0.2, -0.15) is 5.10 Å². The first-order chi connectivity index (χ1) is 11.4. The molecule has 0 saturated carbocycles. The Morgan fingerprint density at radius 2 is 1.92 bits per heavy atom. The van der Waals surface area contributed by atoms with Gasteiger partial charge in [-0.3, -0.25) is 15.5 Å². The molecule has 0 atom stereocenters. The van der Waals surface area contributed by atoms with E-state index >= 15 is 0 Å². The van der Waals surface area contributed by atoms with Crippen LogP contribution in [0.5, 0.6) is 5.75 Å². The van der Waals surface area contributed by atoms with E-state index in [0.29, 0.717) is 27.0 Å². The van der Waals surface area contributed by atoms with Gasteiger partial charge in [0.2, 0.25) is 0 Å². The fourth-order valence-electron chi connectivity index (χ4n) is 1.87. The summed E-state index contributed by atoms with van der Waals surface area (Å²) in [4.78, 5) is 10.3. The standard InChI is InChI=1S/C16H15Cl2N3O3/c1-10(2)24-16-14(17)6-11(7-15(16)18)9-19-20-12-4-3-5-13(8-12)21(22)23/h3-10,20H,1-2H3. The van der Waals surface area contributed by atoms with Crippen molar-refractivity contribution >= 4 is 40.8 Å². The fourth-order valence-corrected chi connectivity index (χ4v) is 2.47. The van der Waals surface area contributed by atoms with Crippen molar-refractivity contribution in [1.82, 2.24) is 0 Å². The van der Waals surface area contributed by atoms with E-state index in [2.05, 4.69) is 10.5 Å². The maximum atomic E-state index is 10.7. The molecule has 0 saturated heterocycles. The highest BCUT2D eigenvalue weighted by Crippen LogP contribution is 2.34. The maximum absolute atomic E-state index is 10.7. The van der Waals surface area contributed by atoms with E-state index in [9.17, 15) is 10.1 Å². The lowest BCUT2D eigenvalue weighted by Gasteiger charge is -2.13. The van der Waals surface area contributed by atoms with E-state index in [1.54, 1.807) is 24.3 Å². The summed E-state index contributed by atoms with van der Waals surface area (Å²) in [5, 5.41) is 15.5. The molecule has 1 N–H and O–H groups in total. The number of nitro benzene ring substituents is 1. The third kappa shape index (κ3) is 4.84. The molecule has 0 heterocycles. The first-order valence-corrected chi connectivity index (χ1v) is 7.81. The van der Waals surface area contributed by atoms with Crippen molar-refractivity contribution in [2.24, 2.45) is 5.10 Å². The van der Waals surface area contributed by atoms with Gasteiger partial charge >= 0.3 is 0 Å². The van der Waals surface area contributed by atoms with Crippen molar-refractivity contribution in [2.45, 2.75) is 20.0 Å². The number of benzene rings is 2. The molecule has 0 fully saturated rings. The molecule has 24 heavy (non-hydrogen) atoms. The van der Waals surface area contributed by atoms with Crippen molar-refractivity contribution in [3.05, 3.63) is 62.1 Å². The normalized spacial score (nSPS) is 11.0. The first kappa shape index (κ1) is 18.0. The van der Waals surface area contributed by atoms with Crippen LogP contribution in [-0.2, 0) is 0 Å². The number of nitrogens with zero attached hydrogens (tertiary/aromatic N) is 2. The van der Waals surface area contributed by atoms with E-state index in [1.807, 2.05) is 13.8 Å². The zero-order chi connectivity index (χ0) is 17.7. The van der Waals surface area contributed by atoms with Gasteiger partial charge in [-0.25, -0.2) is 0 Å². The second-order valence-electron chi connectivity index (χ2n) is 5.16. The van der Waals surface area contributed by atoms with Crippen molar-refractivity contribution in [1.29, 1.82) is 0 Å². The summed E-state index contributed by atoms with van der Waals surface area (Å²) in [5.74, 6) is 0.428. The molecular weight excluding hydrogens is 353 g/mol. The highest BCUT2D eigenvalue weighted by Gasteiger charge is 2.10. The molecule has 0 unspecified atom stereocenters. The molecular formula is C16H15Cl2N3O3. The third-order valence-corrected chi connectivity index (χ3v) is 3.40. The SMILES string of the molecule is CC(C)Oc1c(Cl)cc(C=NNc2cccc([N+](=O)[O-])c2)cc1Cl. The highest BCUT2D eigenvalue weighted by molar-refractivity contribution is 6.37. The van der Waals surface area contributed by atoms with Gasteiger partial charge in [0, 0.05) is 12.1 Å². The quantitative estimate of drug-likeness (QED) is 0.435. The summed E-state index contributed by atoms with van der Waals surface area (Å²) in [6.07, 6.45) is 1.46. The van der Waals surface area contributed by atoms with Gasteiger partial charge in [0.05, 0.1) is 33.0 Å². The Morgan fingerprint density at radius 1 is 1.25 bits per heavy atom. The van der Waals surface area contributed by atoms with Crippen LogP contribution in [0, 0.1) is 10.1 Å². The number of hydrogen-bond acceptors (Lipinski definition) is 5. The van der Waals surface area contributed by atoms with E-state index < -0.39 is 4.92 Å². The minimum Gasteiger partial charge on any atom is -0.488 e. The molecule has 0 aromatic heterocycles. The van der Waals surface area contributed by atoms with Crippen LogP contribution in [0.4, 0.5) is 11.4 Å². The highest BCUT2D eigenvalue weighted by atomic mass is 35.5. The van der Waals surface area contributed by atoms with Crippen molar-refractivity contribution in [3.63, 3.8) is 0 Å². The fraction of sp³-hybridized carbons (Fsp3) is 0.188. The lowest BCUT2D eigenvalue weighted by atomic mass is 10.2.